The summed E-state index contributed by atoms with van der Waals surface area (Å²) in [7, 11) is 0. The maximum atomic E-state index is 10.8. The maximum absolute atomic E-state index is 10.8. The molecular formula is C20H33NO5. The highest BCUT2D eigenvalue weighted by Gasteiger charge is 2.31. The van der Waals surface area contributed by atoms with Crippen LogP contribution in [-0.2, 0) is 11.3 Å². The van der Waals surface area contributed by atoms with Gasteiger partial charge in [-0.05, 0) is 43.9 Å². The Balaban J connectivity index is 1.72. The molecule has 26 heavy (non-hydrogen) atoms. The summed E-state index contributed by atoms with van der Waals surface area (Å²) < 4.78 is 11.0. The van der Waals surface area contributed by atoms with Crippen molar-refractivity contribution < 1.29 is 24.2 Å². The standard InChI is InChI=1S/C20H33NO5/c1-3-4-5-6-16(22)10-12-21-11-9-15(2)18(21)14-25-13-17-7-8-19(26-17)20(23)24/h7-8,15-16,18,22H,3-6,9-14H2,1-2H3,(H,23,24)/t15?,16?,18-/m0/s1. The minimum atomic E-state index is -1.07. The van der Waals surface area contributed by atoms with E-state index in [4.69, 9.17) is 14.3 Å². The first-order chi connectivity index (χ1) is 12.5. The minimum absolute atomic E-state index is 0.0588. The SMILES string of the molecule is CCCCCC(O)CCN1CCC(C)[C@@H]1COCc1ccc(C(=O)O)o1. The Hall–Kier alpha value is -1.37. The topological polar surface area (TPSA) is 83.1 Å². The van der Waals surface area contributed by atoms with Gasteiger partial charge in [0.15, 0.2) is 0 Å². The van der Waals surface area contributed by atoms with Gasteiger partial charge in [-0.15, -0.1) is 0 Å². The van der Waals surface area contributed by atoms with Crippen LogP contribution in [0.25, 0.3) is 0 Å². The second-order valence-electron chi connectivity index (χ2n) is 7.39. The smallest absolute Gasteiger partial charge is 0.371 e. The van der Waals surface area contributed by atoms with Crippen LogP contribution >= 0.6 is 0 Å². The Morgan fingerprint density at radius 3 is 2.88 bits per heavy atom. The molecule has 6 heteroatoms. The molecule has 0 radical (unpaired) electrons. The van der Waals surface area contributed by atoms with E-state index in [1.165, 1.54) is 18.9 Å². The van der Waals surface area contributed by atoms with Crippen molar-refractivity contribution in [3.63, 3.8) is 0 Å². The number of furan rings is 1. The molecule has 1 aliphatic heterocycles. The number of nitrogens with zero attached hydrogens (tertiary/aromatic N) is 1. The van der Waals surface area contributed by atoms with Gasteiger partial charge in [-0.2, -0.15) is 0 Å². The van der Waals surface area contributed by atoms with Crippen LogP contribution in [0.1, 0.15) is 68.7 Å². The first-order valence-corrected chi connectivity index (χ1v) is 9.83. The summed E-state index contributed by atoms with van der Waals surface area (Å²) in [6.45, 7) is 7.23. The molecule has 0 aromatic carbocycles. The number of aliphatic hydroxyl groups is 1. The third-order valence-corrected chi connectivity index (χ3v) is 5.29. The number of aliphatic hydroxyl groups excluding tert-OH is 1. The molecule has 2 heterocycles. The predicted octanol–water partition coefficient (Wildman–Crippen LogP) is 3.54. The van der Waals surface area contributed by atoms with Crippen LogP contribution in [0.2, 0.25) is 0 Å². The zero-order valence-electron chi connectivity index (χ0n) is 16.0. The van der Waals surface area contributed by atoms with Gasteiger partial charge in [-0.3, -0.25) is 4.90 Å². The number of likely N-dealkylation sites (tertiary alicyclic amines) is 1. The fraction of sp³-hybridized carbons (Fsp3) is 0.750. The fourth-order valence-corrected chi connectivity index (χ4v) is 3.57. The van der Waals surface area contributed by atoms with E-state index in [-0.39, 0.29) is 18.5 Å². The second kappa shape index (κ2) is 10.7. The number of rotatable bonds is 12. The van der Waals surface area contributed by atoms with Crippen molar-refractivity contribution in [2.75, 3.05) is 19.7 Å². The third-order valence-electron chi connectivity index (χ3n) is 5.29. The van der Waals surface area contributed by atoms with Crippen LogP contribution < -0.4 is 0 Å². The van der Waals surface area contributed by atoms with Crippen LogP contribution in [-0.4, -0.2) is 52.9 Å². The lowest BCUT2D eigenvalue weighted by Crippen LogP contribution is -2.37. The summed E-state index contributed by atoms with van der Waals surface area (Å²) in [6.07, 6.45) is 6.10. The molecule has 6 nitrogen and oxygen atoms in total. The number of hydrogen-bond donors (Lipinski definition) is 2. The third kappa shape index (κ3) is 6.41. The van der Waals surface area contributed by atoms with E-state index >= 15 is 0 Å². The number of carbonyl (C=O) groups is 1. The first-order valence-electron chi connectivity index (χ1n) is 9.83. The molecule has 3 atom stereocenters. The van der Waals surface area contributed by atoms with Crippen LogP contribution in [0.15, 0.2) is 16.5 Å². The molecular weight excluding hydrogens is 334 g/mol. The van der Waals surface area contributed by atoms with Crippen molar-refractivity contribution >= 4 is 5.97 Å². The largest absolute Gasteiger partial charge is 0.475 e. The van der Waals surface area contributed by atoms with Gasteiger partial charge < -0.3 is 19.4 Å². The number of unbranched alkanes of at least 4 members (excludes halogenated alkanes) is 2. The molecule has 0 bridgehead atoms. The van der Waals surface area contributed by atoms with E-state index in [1.54, 1.807) is 6.07 Å². The average Bonchev–Trinajstić information content (AvgIpc) is 3.21. The number of ether oxygens (including phenoxy) is 1. The lowest BCUT2D eigenvalue weighted by atomic mass is 10.0. The molecule has 2 N–H and O–H groups in total. The van der Waals surface area contributed by atoms with Gasteiger partial charge in [0, 0.05) is 12.6 Å². The first kappa shape index (κ1) is 20.9. The summed E-state index contributed by atoms with van der Waals surface area (Å²) in [5.74, 6) is -0.0368. The molecule has 0 spiro atoms. The van der Waals surface area contributed by atoms with Crippen LogP contribution in [0.5, 0.6) is 0 Å². The minimum Gasteiger partial charge on any atom is -0.475 e. The maximum Gasteiger partial charge on any atom is 0.371 e. The molecule has 1 aromatic heterocycles. The van der Waals surface area contributed by atoms with Gasteiger partial charge in [-0.25, -0.2) is 4.79 Å². The molecule has 1 aliphatic rings. The van der Waals surface area contributed by atoms with E-state index in [2.05, 4.69) is 18.7 Å². The van der Waals surface area contributed by atoms with Gasteiger partial charge in [0.25, 0.3) is 0 Å². The fourth-order valence-electron chi connectivity index (χ4n) is 3.57. The molecule has 1 aromatic rings. The monoisotopic (exact) mass is 367 g/mol. The van der Waals surface area contributed by atoms with Crippen LogP contribution in [0, 0.1) is 5.92 Å². The molecule has 1 fully saturated rings. The molecule has 2 unspecified atom stereocenters. The van der Waals surface area contributed by atoms with Gasteiger partial charge >= 0.3 is 5.97 Å². The van der Waals surface area contributed by atoms with E-state index < -0.39 is 5.97 Å². The second-order valence-corrected chi connectivity index (χ2v) is 7.39. The Morgan fingerprint density at radius 2 is 2.19 bits per heavy atom. The number of aromatic carboxylic acids is 1. The van der Waals surface area contributed by atoms with E-state index in [1.807, 2.05) is 0 Å². The Morgan fingerprint density at radius 1 is 1.38 bits per heavy atom. The van der Waals surface area contributed by atoms with E-state index in [0.717, 1.165) is 38.8 Å². The number of carboxylic acid groups (broad SMARTS) is 1. The van der Waals surface area contributed by atoms with Gasteiger partial charge in [0.1, 0.15) is 12.4 Å². The van der Waals surface area contributed by atoms with Crippen molar-refractivity contribution in [3.05, 3.63) is 23.7 Å². The summed E-state index contributed by atoms with van der Waals surface area (Å²) in [5, 5.41) is 19.0. The van der Waals surface area contributed by atoms with Crippen molar-refractivity contribution in [2.45, 2.75) is 71.1 Å². The highest BCUT2D eigenvalue weighted by Crippen LogP contribution is 2.25. The lowest BCUT2D eigenvalue weighted by Gasteiger charge is -2.27. The van der Waals surface area contributed by atoms with Gasteiger partial charge in [0.05, 0.1) is 12.7 Å². The Labute approximate surface area is 156 Å². The average molecular weight is 367 g/mol. The zero-order valence-corrected chi connectivity index (χ0v) is 16.0. The normalized spacial score (nSPS) is 22.0. The van der Waals surface area contributed by atoms with Gasteiger partial charge in [0.2, 0.25) is 5.76 Å². The predicted molar refractivity (Wildman–Crippen MR) is 99.2 cm³/mol. The molecule has 0 saturated carbocycles. The molecule has 148 valence electrons. The Kier molecular flexibility index (Phi) is 8.62. The van der Waals surface area contributed by atoms with Crippen molar-refractivity contribution in [1.82, 2.24) is 4.90 Å². The zero-order chi connectivity index (χ0) is 18.9. The number of carboxylic acids is 1. The highest BCUT2D eigenvalue weighted by atomic mass is 16.5. The van der Waals surface area contributed by atoms with Crippen molar-refractivity contribution in [2.24, 2.45) is 5.92 Å². The quantitative estimate of drug-likeness (QED) is 0.550. The van der Waals surface area contributed by atoms with Crippen molar-refractivity contribution in [3.8, 4) is 0 Å². The summed E-state index contributed by atoms with van der Waals surface area (Å²) >= 11 is 0. The molecule has 0 aliphatic carbocycles. The summed E-state index contributed by atoms with van der Waals surface area (Å²) in [5.41, 5.74) is 0. The molecule has 0 amide bonds. The van der Waals surface area contributed by atoms with Crippen molar-refractivity contribution in [1.29, 1.82) is 0 Å². The van der Waals surface area contributed by atoms with E-state index in [9.17, 15) is 9.90 Å². The van der Waals surface area contributed by atoms with E-state index in [0.29, 0.717) is 24.3 Å². The molecule has 1 saturated heterocycles. The summed E-state index contributed by atoms with van der Waals surface area (Å²) in [4.78, 5) is 13.2. The highest BCUT2D eigenvalue weighted by molar-refractivity contribution is 5.84. The lowest BCUT2D eigenvalue weighted by molar-refractivity contribution is 0.0399. The van der Waals surface area contributed by atoms with Crippen LogP contribution in [0.3, 0.4) is 0 Å². The Bertz CT molecular complexity index is 544. The van der Waals surface area contributed by atoms with Gasteiger partial charge in [-0.1, -0.05) is 33.1 Å². The summed E-state index contributed by atoms with van der Waals surface area (Å²) in [6, 6.07) is 3.43. The molecule has 2 rings (SSSR count). The number of hydrogen-bond acceptors (Lipinski definition) is 5. The van der Waals surface area contributed by atoms with Crippen LogP contribution in [0.4, 0.5) is 0 Å².